The van der Waals surface area contributed by atoms with Crippen LogP contribution >= 0.6 is 0 Å². The van der Waals surface area contributed by atoms with Gasteiger partial charge in [0.2, 0.25) is 0 Å². The van der Waals surface area contributed by atoms with E-state index in [1.807, 2.05) is 0 Å². The summed E-state index contributed by atoms with van der Waals surface area (Å²) in [5, 5.41) is 17.9. The zero-order valence-corrected chi connectivity index (χ0v) is 12.1. The lowest BCUT2D eigenvalue weighted by Gasteiger charge is -2.34. The summed E-state index contributed by atoms with van der Waals surface area (Å²) >= 11 is 0. The minimum absolute atomic E-state index is 0.195. The number of carboxylic acids is 2. The van der Waals surface area contributed by atoms with Crippen LogP contribution in [0.25, 0.3) is 0 Å². The Morgan fingerprint density at radius 3 is 2.29 bits per heavy atom. The highest BCUT2D eigenvalue weighted by Crippen LogP contribution is 2.18. The molecule has 21 heavy (non-hydrogen) atoms. The summed E-state index contributed by atoms with van der Waals surface area (Å²) in [5.41, 5.74) is 0. The third kappa shape index (κ3) is 4.17. The second kappa shape index (κ2) is 7.05. The summed E-state index contributed by atoms with van der Waals surface area (Å²) in [7, 11) is 0. The van der Waals surface area contributed by atoms with Crippen molar-refractivity contribution in [3.8, 4) is 0 Å². The maximum atomic E-state index is 12.2. The van der Waals surface area contributed by atoms with E-state index in [9.17, 15) is 19.2 Å². The number of rotatable bonds is 4. The number of amides is 2. The first-order valence-electron chi connectivity index (χ1n) is 6.81. The molecule has 1 rings (SSSR count). The molecule has 118 valence electrons. The molecule has 0 spiro atoms. The van der Waals surface area contributed by atoms with Crippen molar-refractivity contribution in [1.29, 1.82) is 0 Å². The second-order valence-corrected chi connectivity index (χ2v) is 5.27. The van der Waals surface area contributed by atoms with Crippen molar-refractivity contribution >= 4 is 23.8 Å². The number of carbonyl (C=O) groups is 4. The van der Waals surface area contributed by atoms with Gasteiger partial charge in [-0.15, -0.1) is 0 Å². The van der Waals surface area contributed by atoms with Gasteiger partial charge in [0.1, 0.15) is 12.6 Å². The fourth-order valence-electron chi connectivity index (χ4n) is 2.31. The van der Waals surface area contributed by atoms with Crippen LogP contribution in [-0.4, -0.2) is 68.9 Å². The number of hydrogen-bond acceptors (Lipinski definition) is 4. The van der Waals surface area contributed by atoms with E-state index in [0.717, 1.165) is 9.80 Å². The molecule has 2 amide bonds. The van der Waals surface area contributed by atoms with E-state index in [0.29, 0.717) is 19.3 Å². The van der Waals surface area contributed by atoms with E-state index in [1.54, 1.807) is 13.8 Å². The third-order valence-corrected chi connectivity index (χ3v) is 3.42. The Morgan fingerprint density at radius 1 is 1.19 bits per heavy atom. The molecule has 0 unspecified atom stereocenters. The molecule has 1 aliphatic rings. The topological polar surface area (TPSA) is 115 Å². The van der Waals surface area contributed by atoms with Crippen molar-refractivity contribution in [2.75, 3.05) is 13.1 Å². The van der Waals surface area contributed by atoms with Crippen LogP contribution in [0.4, 0.5) is 0 Å². The molecule has 0 bridgehead atoms. The summed E-state index contributed by atoms with van der Waals surface area (Å²) in [4.78, 5) is 48.3. The van der Waals surface area contributed by atoms with Gasteiger partial charge in [-0.1, -0.05) is 0 Å². The fourth-order valence-corrected chi connectivity index (χ4v) is 2.31. The minimum atomic E-state index is -1.22. The maximum absolute atomic E-state index is 12.2. The first-order valence-corrected chi connectivity index (χ1v) is 6.81. The molecule has 1 fully saturated rings. The van der Waals surface area contributed by atoms with Gasteiger partial charge in [0.15, 0.2) is 0 Å². The minimum Gasteiger partial charge on any atom is -0.480 e. The van der Waals surface area contributed by atoms with Gasteiger partial charge in [0.25, 0.3) is 0 Å². The van der Waals surface area contributed by atoms with Gasteiger partial charge >= 0.3 is 23.8 Å². The summed E-state index contributed by atoms with van der Waals surface area (Å²) in [5.74, 6) is -4.29. The van der Waals surface area contributed by atoms with Crippen molar-refractivity contribution in [2.24, 2.45) is 0 Å². The molecule has 2 N–H and O–H groups in total. The van der Waals surface area contributed by atoms with Crippen LogP contribution in [0.1, 0.15) is 33.1 Å². The summed E-state index contributed by atoms with van der Waals surface area (Å²) in [6.07, 6.45) is 1.61. The smallest absolute Gasteiger partial charge is 0.326 e. The Bertz CT molecular complexity index is 448. The van der Waals surface area contributed by atoms with Crippen LogP contribution in [0.2, 0.25) is 0 Å². The molecular formula is C13H20N2O6. The third-order valence-electron chi connectivity index (χ3n) is 3.42. The molecule has 0 radical (unpaired) electrons. The van der Waals surface area contributed by atoms with Crippen LogP contribution in [0, 0.1) is 0 Å². The lowest BCUT2D eigenvalue weighted by molar-refractivity contribution is -0.161. The maximum Gasteiger partial charge on any atom is 0.326 e. The van der Waals surface area contributed by atoms with E-state index in [2.05, 4.69) is 0 Å². The Labute approximate surface area is 122 Å². The normalized spacial score (nSPS) is 18.4. The molecule has 8 nitrogen and oxygen atoms in total. The molecule has 0 aliphatic carbocycles. The van der Waals surface area contributed by atoms with E-state index in [1.165, 1.54) is 0 Å². The zero-order valence-electron chi connectivity index (χ0n) is 12.1. The van der Waals surface area contributed by atoms with E-state index in [4.69, 9.17) is 10.2 Å². The lowest BCUT2D eigenvalue weighted by Crippen LogP contribution is -2.55. The van der Waals surface area contributed by atoms with Crippen molar-refractivity contribution in [2.45, 2.75) is 45.2 Å². The van der Waals surface area contributed by atoms with Gasteiger partial charge < -0.3 is 20.0 Å². The number of hydrogen-bond donors (Lipinski definition) is 2. The fraction of sp³-hybridized carbons (Fsp3) is 0.692. The standard InChI is InChI=1S/C13H20N2O6/c1-8(2)15(7-10(16)17)12(19)11(18)14-6-4-3-5-9(14)13(20)21/h8-9H,3-7H2,1-2H3,(H,16,17)(H,20,21)/t9-/m0/s1. The first-order chi connectivity index (χ1) is 9.75. The van der Waals surface area contributed by atoms with Crippen LogP contribution in [-0.2, 0) is 19.2 Å². The molecule has 0 aromatic carbocycles. The van der Waals surface area contributed by atoms with E-state index in [-0.39, 0.29) is 6.54 Å². The highest BCUT2D eigenvalue weighted by Gasteiger charge is 2.37. The molecule has 0 saturated carbocycles. The second-order valence-electron chi connectivity index (χ2n) is 5.27. The number of aliphatic carboxylic acids is 2. The number of carbonyl (C=O) groups excluding carboxylic acids is 2. The molecule has 0 aromatic rings. The van der Waals surface area contributed by atoms with Gasteiger partial charge in [0, 0.05) is 12.6 Å². The van der Waals surface area contributed by atoms with Gasteiger partial charge in [-0.3, -0.25) is 14.4 Å². The summed E-state index contributed by atoms with van der Waals surface area (Å²) in [6.45, 7) is 2.80. The van der Waals surface area contributed by atoms with Crippen molar-refractivity contribution < 1.29 is 29.4 Å². The predicted molar refractivity (Wildman–Crippen MR) is 71.5 cm³/mol. The highest BCUT2D eigenvalue weighted by atomic mass is 16.4. The van der Waals surface area contributed by atoms with Crippen LogP contribution in [0.15, 0.2) is 0 Å². The Morgan fingerprint density at radius 2 is 1.81 bits per heavy atom. The molecule has 1 atom stereocenters. The van der Waals surface area contributed by atoms with Gasteiger partial charge in [-0.05, 0) is 33.1 Å². The average molecular weight is 300 g/mol. The van der Waals surface area contributed by atoms with Gasteiger partial charge in [0.05, 0.1) is 0 Å². The molecule has 1 heterocycles. The molecule has 0 aromatic heterocycles. The van der Waals surface area contributed by atoms with Crippen molar-refractivity contribution in [3.05, 3.63) is 0 Å². The summed E-state index contributed by atoms with van der Waals surface area (Å²) < 4.78 is 0. The lowest BCUT2D eigenvalue weighted by atomic mass is 10.0. The van der Waals surface area contributed by atoms with Crippen molar-refractivity contribution in [3.63, 3.8) is 0 Å². The highest BCUT2D eigenvalue weighted by molar-refractivity contribution is 6.35. The zero-order chi connectivity index (χ0) is 16.2. The van der Waals surface area contributed by atoms with Crippen molar-refractivity contribution in [1.82, 2.24) is 9.80 Å². The largest absolute Gasteiger partial charge is 0.480 e. The van der Waals surface area contributed by atoms with Gasteiger partial charge in [-0.2, -0.15) is 0 Å². The molecule has 1 saturated heterocycles. The first kappa shape index (κ1) is 16.9. The summed E-state index contributed by atoms with van der Waals surface area (Å²) in [6, 6.07) is -1.49. The van der Waals surface area contributed by atoms with Crippen LogP contribution in [0.3, 0.4) is 0 Å². The Kier molecular flexibility index (Phi) is 5.69. The molecule has 8 heteroatoms. The number of nitrogens with zero attached hydrogens (tertiary/aromatic N) is 2. The quantitative estimate of drug-likeness (QED) is 0.693. The Hall–Kier alpha value is -2.12. The monoisotopic (exact) mass is 300 g/mol. The molecular weight excluding hydrogens is 280 g/mol. The number of piperidine rings is 1. The number of carboxylic acid groups (broad SMARTS) is 2. The predicted octanol–water partition coefficient (Wildman–Crippen LogP) is -0.226. The Balaban J connectivity index is 2.90. The van der Waals surface area contributed by atoms with Crippen LogP contribution in [0.5, 0.6) is 0 Å². The SMILES string of the molecule is CC(C)N(CC(=O)O)C(=O)C(=O)N1CCCC[C@H]1C(=O)O. The van der Waals surface area contributed by atoms with Crippen LogP contribution < -0.4 is 0 Å². The van der Waals surface area contributed by atoms with E-state index >= 15 is 0 Å². The van der Waals surface area contributed by atoms with E-state index < -0.39 is 42.4 Å². The number of likely N-dealkylation sites (tertiary alicyclic amines) is 1. The average Bonchev–Trinajstić information content (AvgIpc) is 2.42. The van der Waals surface area contributed by atoms with Gasteiger partial charge in [-0.25, -0.2) is 4.79 Å². The molecule has 1 aliphatic heterocycles.